The Kier molecular flexibility index (Phi) is 5.30. The number of benzene rings is 1. The van der Waals surface area contributed by atoms with E-state index in [2.05, 4.69) is 5.32 Å². The van der Waals surface area contributed by atoms with Crippen LogP contribution >= 0.6 is 0 Å². The number of para-hydroxylation sites is 1. The van der Waals surface area contributed by atoms with Crippen molar-refractivity contribution in [3.05, 3.63) is 46.8 Å². The van der Waals surface area contributed by atoms with Crippen LogP contribution in [0.15, 0.2) is 41.3 Å². The number of hydrogen-bond acceptors (Lipinski definition) is 3. The number of carbonyl (C=O) groups is 1. The lowest BCUT2D eigenvalue weighted by Crippen LogP contribution is -2.47. The fourth-order valence-electron chi connectivity index (χ4n) is 3.71. The molecule has 0 bridgehead atoms. The van der Waals surface area contributed by atoms with Crippen LogP contribution in [-0.2, 0) is 11.3 Å². The van der Waals surface area contributed by atoms with E-state index in [0.717, 1.165) is 18.4 Å². The summed E-state index contributed by atoms with van der Waals surface area (Å²) in [5, 5.41) is 3.74. The summed E-state index contributed by atoms with van der Waals surface area (Å²) in [6.07, 6.45) is 7.70. The van der Waals surface area contributed by atoms with Crippen LogP contribution < -0.4 is 16.5 Å². The Bertz CT molecular complexity index is 763. The second-order valence-electron chi connectivity index (χ2n) is 6.63. The number of nitrogens with zero attached hydrogens (tertiary/aromatic N) is 1. The zero-order valence-corrected chi connectivity index (χ0v) is 13.9. The molecule has 1 aromatic heterocycles. The van der Waals surface area contributed by atoms with Crippen LogP contribution in [0.3, 0.4) is 0 Å². The molecular weight excluding hydrogens is 302 g/mol. The van der Waals surface area contributed by atoms with Gasteiger partial charge in [0.1, 0.15) is 6.54 Å². The molecule has 0 spiro atoms. The second kappa shape index (κ2) is 7.62. The molecule has 1 unspecified atom stereocenters. The van der Waals surface area contributed by atoms with Crippen LogP contribution in [0.4, 0.5) is 0 Å². The molecule has 128 valence electrons. The summed E-state index contributed by atoms with van der Waals surface area (Å²) in [4.78, 5) is 24.4. The predicted octanol–water partition coefficient (Wildman–Crippen LogP) is 2.03. The predicted molar refractivity (Wildman–Crippen MR) is 95.8 cm³/mol. The van der Waals surface area contributed by atoms with E-state index in [0.29, 0.717) is 17.8 Å². The number of hydrogen-bond donors (Lipinski definition) is 2. The maximum absolute atomic E-state index is 12.5. The van der Waals surface area contributed by atoms with Crippen molar-refractivity contribution in [3.63, 3.8) is 0 Å². The highest BCUT2D eigenvalue weighted by molar-refractivity contribution is 5.82. The summed E-state index contributed by atoms with van der Waals surface area (Å²) in [5.74, 6) is 0.434. The number of fused-ring (bicyclic) bond motifs is 1. The SMILES string of the molecule is NCC(NC(=O)Cn1ccc(=O)c2ccccc21)C1CCCCC1. The minimum atomic E-state index is -0.0511. The normalized spacial score (nSPS) is 16.9. The van der Waals surface area contributed by atoms with Crippen molar-refractivity contribution < 1.29 is 4.79 Å². The third kappa shape index (κ3) is 3.67. The van der Waals surface area contributed by atoms with Gasteiger partial charge in [0.15, 0.2) is 5.43 Å². The average Bonchev–Trinajstić information content (AvgIpc) is 2.63. The smallest absolute Gasteiger partial charge is 0.240 e. The summed E-state index contributed by atoms with van der Waals surface area (Å²) in [5.41, 5.74) is 6.65. The van der Waals surface area contributed by atoms with Crippen LogP contribution in [-0.4, -0.2) is 23.1 Å². The molecule has 2 aromatic rings. The van der Waals surface area contributed by atoms with Crippen molar-refractivity contribution in [2.24, 2.45) is 11.7 Å². The molecule has 1 amide bonds. The van der Waals surface area contributed by atoms with Gasteiger partial charge in [0.05, 0.1) is 5.52 Å². The summed E-state index contributed by atoms with van der Waals surface area (Å²) < 4.78 is 1.82. The second-order valence-corrected chi connectivity index (χ2v) is 6.63. The van der Waals surface area contributed by atoms with Crippen LogP contribution in [0.1, 0.15) is 32.1 Å². The lowest BCUT2D eigenvalue weighted by Gasteiger charge is -2.30. The van der Waals surface area contributed by atoms with Crippen molar-refractivity contribution in [1.82, 2.24) is 9.88 Å². The van der Waals surface area contributed by atoms with Crippen molar-refractivity contribution in [2.75, 3.05) is 6.54 Å². The zero-order valence-electron chi connectivity index (χ0n) is 13.9. The lowest BCUT2D eigenvalue weighted by atomic mass is 9.84. The van der Waals surface area contributed by atoms with Crippen molar-refractivity contribution in [1.29, 1.82) is 0 Å². The molecule has 1 aliphatic rings. The van der Waals surface area contributed by atoms with Gasteiger partial charge >= 0.3 is 0 Å². The van der Waals surface area contributed by atoms with Crippen molar-refractivity contribution in [2.45, 2.75) is 44.7 Å². The molecule has 3 rings (SSSR count). The molecule has 1 saturated carbocycles. The summed E-state index contributed by atoms with van der Waals surface area (Å²) in [6.45, 7) is 0.672. The topological polar surface area (TPSA) is 77.1 Å². The summed E-state index contributed by atoms with van der Waals surface area (Å²) in [6, 6.07) is 8.92. The number of nitrogens with one attached hydrogen (secondary N) is 1. The first-order chi connectivity index (χ1) is 11.7. The van der Waals surface area contributed by atoms with Gasteiger partial charge < -0.3 is 15.6 Å². The van der Waals surface area contributed by atoms with Gasteiger partial charge in [-0.2, -0.15) is 0 Å². The van der Waals surface area contributed by atoms with E-state index in [1.165, 1.54) is 25.3 Å². The van der Waals surface area contributed by atoms with Crippen molar-refractivity contribution in [3.8, 4) is 0 Å². The Morgan fingerprint density at radius 2 is 1.96 bits per heavy atom. The Labute approximate surface area is 141 Å². The molecule has 0 saturated heterocycles. The molecule has 5 nitrogen and oxygen atoms in total. The monoisotopic (exact) mass is 327 g/mol. The Hall–Kier alpha value is -2.14. The van der Waals surface area contributed by atoms with E-state index in [1.807, 2.05) is 22.8 Å². The number of amides is 1. The van der Waals surface area contributed by atoms with E-state index >= 15 is 0 Å². The van der Waals surface area contributed by atoms with Gasteiger partial charge in [0, 0.05) is 30.2 Å². The number of rotatable bonds is 5. The van der Waals surface area contributed by atoms with Gasteiger partial charge in [-0.1, -0.05) is 31.4 Å². The zero-order chi connectivity index (χ0) is 16.9. The minimum Gasteiger partial charge on any atom is -0.350 e. The highest BCUT2D eigenvalue weighted by Gasteiger charge is 2.24. The maximum atomic E-state index is 12.5. The molecular formula is C19H25N3O2. The van der Waals surface area contributed by atoms with Crippen LogP contribution in [0.5, 0.6) is 0 Å². The fraction of sp³-hybridized carbons (Fsp3) is 0.474. The Morgan fingerprint density at radius 1 is 1.21 bits per heavy atom. The van der Waals surface area contributed by atoms with Crippen LogP contribution in [0.25, 0.3) is 10.9 Å². The van der Waals surface area contributed by atoms with E-state index < -0.39 is 0 Å². The van der Waals surface area contributed by atoms with Gasteiger partial charge in [-0.25, -0.2) is 0 Å². The number of nitrogens with two attached hydrogens (primary N) is 1. The third-order valence-corrected chi connectivity index (χ3v) is 5.02. The van der Waals surface area contributed by atoms with Gasteiger partial charge in [0.2, 0.25) is 5.91 Å². The quantitative estimate of drug-likeness (QED) is 0.882. The van der Waals surface area contributed by atoms with Crippen molar-refractivity contribution >= 4 is 16.8 Å². The molecule has 24 heavy (non-hydrogen) atoms. The first-order valence-electron chi connectivity index (χ1n) is 8.76. The van der Waals surface area contributed by atoms with Gasteiger partial charge in [-0.3, -0.25) is 9.59 Å². The highest BCUT2D eigenvalue weighted by atomic mass is 16.2. The third-order valence-electron chi connectivity index (χ3n) is 5.02. The molecule has 3 N–H and O–H groups in total. The van der Waals surface area contributed by atoms with E-state index in [-0.39, 0.29) is 23.9 Å². The van der Waals surface area contributed by atoms with E-state index in [1.54, 1.807) is 12.3 Å². The Balaban J connectivity index is 1.72. The molecule has 1 fully saturated rings. The standard InChI is InChI=1S/C19H25N3O2/c20-12-16(14-6-2-1-3-7-14)21-19(24)13-22-11-10-18(23)15-8-4-5-9-17(15)22/h4-5,8-11,14,16H,1-3,6-7,12-13,20H2,(H,21,24). The van der Waals surface area contributed by atoms with Gasteiger partial charge in [-0.05, 0) is 30.9 Å². The van der Waals surface area contributed by atoms with Gasteiger partial charge in [-0.15, -0.1) is 0 Å². The highest BCUT2D eigenvalue weighted by Crippen LogP contribution is 2.26. The first-order valence-corrected chi connectivity index (χ1v) is 8.76. The molecule has 1 aromatic carbocycles. The molecule has 1 heterocycles. The molecule has 5 heteroatoms. The minimum absolute atomic E-state index is 0.0238. The number of carbonyl (C=O) groups excluding carboxylic acids is 1. The summed E-state index contributed by atoms with van der Waals surface area (Å²) >= 11 is 0. The molecule has 1 atom stereocenters. The van der Waals surface area contributed by atoms with Crippen LogP contribution in [0, 0.1) is 5.92 Å². The number of pyridine rings is 1. The molecule has 1 aliphatic carbocycles. The maximum Gasteiger partial charge on any atom is 0.240 e. The number of aromatic nitrogens is 1. The van der Waals surface area contributed by atoms with E-state index in [4.69, 9.17) is 5.73 Å². The van der Waals surface area contributed by atoms with E-state index in [9.17, 15) is 9.59 Å². The lowest BCUT2D eigenvalue weighted by molar-refractivity contribution is -0.122. The fourth-order valence-corrected chi connectivity index (χ4v) is 3.71. The first kappa shape index (κ1) is 16.7. The van der Waals surface area contributed by atoms with Crippen LogP contribution in [0.2, 0.25) is 0 Å². The summed E-state index contributed by atoms with van der Waals surface area (Å²) in [7, 11) is 0. The molecule has 0 radical (unpaired) electrons. The Morgan fingerprint density at radius 3 is 2.71 bits per heavy atom. The largest absolute Gasteiger partial charge is 0.350 e. The average molecular weight is 327 g/mol. The van der Waals surface area contributed by atoms with Gasteiger partial charge in [0.25, 0.3) is 0 Å². The molecule has 0 aliphatic heterocycles.